The third-order valence-electron chi connectivity index (χ3n) is 8.64. The molecule has 2 fully saturated rings. The summed E-state index contributed by atoms with van der Waals surface area (Å²) in [5.41, 5.74) is 1.69. The number of methoxy groups -OCH3 is 1. The summed E-state index contributed by atoms with van der Waals surface area (Å²) >= 11 is 0. The second-order valence-electron chi connectivity index (χ2n) is 12.0. The molecule has 4 heteroatoms. The van der Waals surface area contributed by atoms with Gasteiger partial charge in [0.1, 0.15) is 0 Å². The zero-order valence-corrected chi connectivity index (χ0v) is 22.2. The van der Waals surface area contributed by atoms with Gasteiger partial charge < -0.3 is 9.16 Å². The number of rotatable bonds is 8. The van der Waals surface area contributed by atoms with Crippen LogP contribution in [0.2, 0.25) is 18.1 Å². The largest absolute Gasteiger partial charge is 0.415 e. The summed E-state index contributed by atoms with van der Waals surface area (Å²) in [7, 11) is 0.138. The molecule has 2 aliphatic rings. The molecule has 0 aromatic heterocycles. The summed E-state index contributed by atoms with van der Waals surface area (Å²) < 4.78 is 12.4. The van der Waals surface area contributed by atoms with Crippen molar-refractivity contribution in [2.75, 3.05) is 13.7 Å². The second kappa shape index (κ2) is 10.1. The van der Waals surface area contributed by atoms with E-state index in [1.807, 2.05) is 7.11 Å². The molecule has 1 aromatic carbocycles. The lowest BCUT2D eigenvalue weighted by Crippen LogP contribution is -2.49. The molecule has 1 heterocycles. The van der Waals surface area contributed by atoms with Gasteiger partial charge in [-0.05, 0) is 81.5 Å². The molecule has 0 bridgehead atoms. The molecule has 1 saturated heterocycles. The minimum Gasteiger partial charge on any atom is -0.415 e. The molecule has 2 unspecified atom stereocenters. The van der Waals surface area contributed by atoms with Crippen molar-refractivity contribution in [3.8, 4) is 0 Å². The van der Waals surface area contributed by atoms with E-state index in [-0.39, 0.29) is 10.6 Å². The number of likely N-dealkylation sites (tertiary alicyclic amines) is 1. The highest BCUT2D eigenvalue weighted by Crippen LogP contribution is 2.44. The van der Waals surface area contributed by atoms with E-state index in [9.17, 15) is 0 Å². The van der Waals surface area contributed by atoms with E-state index >= 15 is 0 Å². The fraction of sp³-hybridized carbons (Fsp3) is 0.778. The Labute approximate surface area is 193 Å². The highest BCUT2D eigenvalue weighted by Gasteiger charge is 2.45. The third kappa shape index (κ3) is 6.22. The molecule has 2 atom stereocenters. The van der Waals surface area contributed by atoms with Crippen LogP contribution >= 0.6 is 0 Å². The van der Waals surface area contributed by atoms with E-state index in [1.54, 1.807) is 0 Å². The lowest BCUT2D eigenvalue weighted by atomic mass is 9.78. The number of hydrogen-bond acceptors (Lipinski definition) is 3. The van der Waals surface area contributed by atoms with Crippen molar-refractivity contribution in [2.45, 2.75) is 115 Å². The minimum atomic E-state index is -1.74. The first-order valence-electron chi connectivity index (χ1n) is 12.5. The van der Waals surface area contributed by atoms with Gasteiger partial charge in [0, 0.05) is 31.8 Å². The third-order valence-corrected chi connectivity index (χ3v) is 13.1. The summed E-state index contributed by atoms with van der Waals surface area (Å²) in [6.07, 6.45) is 9.44. The van der Waals surface area contributed by atoms with Crippen LogP contribution in [0.5, 0.6) is 0 Å². The second-order valence-corrected chi connectivity index (χ2v) is 16.8. The summed E-state index contributed by atoms with van der Waals surface area (Å²) in [4.78, 5) is 2.82. The van der Waals surface area contributed by atoms with Crippen molar-refractivity contribution in [3.05, 3.63) is 35.9 Å². The van der Waals surface area contributed by atoms with Crippen LogP contribution in [0.3, 0.4) is 0 Å². The van der Waals surface area contributed by atoms with Crippen LogP contribution < -0.4 is 0 Å². The Balaban J connectivity index is 1.72. The predicted molar refractivity (Wildman–Crippen MR) is 134 cm³/mol. The maximum absolute atomic E-state index is 6.74. The lowest BCUT2D eigenvalue weighted by molar-refractivity contribution is 0.0265. The van der Waals surface area contributed by atoms with Crippen molar-refractivity contribution in [1.82, 2.24) is 4.90 Å². The number of benzene rings is 1. The Morgan fingerprint density at radius 2 is 1.68 bits per heavy atom. The molecule has 1 aliphatic heterocycles. The summed E-state index contributed by atoms with van der Waals surface area (Å²) in [6.45, 7) is 16.3. The molecule has 31 heavy (non-hydrogen) atoms. The summed E-state index contributed by atoms with van der Waals surface area (Å²) in [5.74, 6) is 0.828. The number of hydrogen-bond donors (Lipinski definition) is 0. The monoisotopic (exact) mass is 445 g/mol. The number of nitrogens with zero attached hydrogens (tertiary/aromatic N) is 1. The van der Waals surface area contributed by atoms with Gasteiger partial charge in [-0.2, -0.15) is 0 Å². The van der Waals surface area contributed by atoms with Crippen LogP contribution in [-0.4, -0.2) is 44.6 Å². The normalized spacial score (nSPS) is 30.6. The first kappa shape index (κ1) is 24.9. The summed E-state index contributed by atoms with van der Waals surface area (Å²) in [6, 6.07) is 11.6. The van der Waals surface area contributed by atoms with Crippen molar-refractivity contribution in [1.29, 1.82) is 0 Å². The van der Waals surface area contributed by atoms with Crippen LogP contribution in [0, 0.1) is 5.92 Å². The van der Waals surface area contributed by atoms with Gasteiger partial charge in [-0.15, -0.1) is 0 Å². The fourth-order valence-electron chi connectivity index (χ4n) is 5.43. The Hall–Kier alpha value is -0.683. The van der Waals surface area contributed by atoms with E-state index in [0.717, 1.165) is 19.1 Å². The van der Waals surface area contributed by atoms with Crippen LogP contribution in [0.15, 0.2) is 30.3 Å². The van der Waals surface area contributed by atoms with Crippen molar-refractivity contribution in [2.24, 2.45) is 5.92 Å². The molecule has 1 aromatic rings. The molecular weight excluding hydrogens is 398 g/mol. The van der Waals surface area contributed by atoms with E-state index in [4.69, 9.17) is 9.16 Å². The van der Waals surface area contributed by atoms with Crippen LogP contribution in [-0.2, 0) is 15.7 Å². The molecule has 1 saturated carbocycles. The van der Waals surface area contributed by atoms with Crippen LogP contribution in [0.1, 0.15) is 78.2 Å². The van der Waals surface area contributed by atoms with Crippen molar-refractivity contribution >= 4 is 8.32 Å². The van der Waals surface area contributed by atoms with Crippen LogP contribution in [0.25, 0.3) is 0 Å². The van der Waals surface area contributed by atoms with Crippen molar-refractivity contribution < 1.29 is 9.16 Å². The van der Waals surface area contributed by atoms with Crippen molar-refractivity contribution in [3.63, 3.8) is 0 Å². The Kier molecular flexibility index (Phi) is 8.10. The molecule has 0 N–H and O–H groups in total. The van der Waals surface area contributed by atoms with Gasteiger partial charge in [0.15, 0.2) is 8.32 Å². The molecule has 0 spiro atoms. The first-order chi connectivity index (χ1) is 14.5. The van der Waals surface area contributed by atoms with E-state index in [1.165, 1.54) is 50.5 Å². The Morgan fingerprint density at radius 1 is 1.03 bits per heavy atom. The zero-order chi connectivity index (χ0) is 22.7. The molecule has 3 nitrogen and oxygen atoms in total. The predicted octanol–water partition coefficient (Wildman–Crippen LogP) is 7.03. The SMILES string of the molecule is COC1CCC(CC2(C)CCC(CO[Si](C)(C)C(C)(C)C)N2Cc2ccccc2)CC1. The van der Waals surface area contributed by atoms with Gasteiger partial charge in [-0.25, -0.2) is 0 Å². The standard InChI is InChI=1S/C27H47NO2Si/c1-26(2,3)31(6,7)30-21-24-17-18-27(4,19-22-13-15-25(29-5)16-14-22)28(24)20-23-11-9-8-10-12-23/h8-12,22,24-25H,13-21H2,1-7H3. The molecule has 1 aliphatic carbocycles. The van der Waals surface area contributed by atoms with E-state index in [0.29, 0.717) is 12.1 Å². The van der Waals surface area contributed by atoms with E-state index in [2.05, 4.69) is 76.0 Å². The number of ether oxygens (including phenoxy) is 1. The van der Waals surface area contributed by atoms with Crippen LogP contribution in [0.4, 0.5) is 0 Å². The molecule has 176 valence electrons. The molecule has 0 amide bonds. The van der Waals surface area contributed by atoms with Gasteiger partial charge in [-0.3, -0.25) is 4.90 Å². The Morgan fingerprint density at radius 3 is 2.26 bits per heavy atom. The van der Waals surface area contributed by atoms with Gasteiger partial charge >= 0.3 is 0 Å². The smallest absolute Gasteiger partial charge is 0.192 e. The topological polar surface area (TPSA) is 21.7 Å². The van der Waals surface area contributed by atoms with Gasteiger partial charge in [0.25, 0.3) is 0 Å². The molecular formula is C27H47NO2Si. The average molecular weight is 446 g/mol. The molecule has 0 radical (unpaired) electrons. The first-order valence-corrected chi connectivity index (χ1v) is 15.4. The molecule has 3 rings (SSSR count). The minimum absolute atomic E-state index is 0.263. The highest BCUT2D eigenvalue weighted by molar-refractivity contribution is 6.74. The van der Waals surface area contributed by atoms with E-state index < -0.39 is 8.32 Å². The average Bonchev–Trinajstić information content (AvgIpc) is 3.02. The van der Waals surface area contributed by atoms with Gasteiger partial charge in [0.05, 0.1) is 6.10 Å². The highest BCUT2D eigenvalue weighted by atomic mass is 28.4. The fourth-order valence-corrected chi connectivity index (χ4v) is 6.47. The maximum atomic E-state index is 6.74. The Bertz CT molecular complexity index is 678. The maximum Gasteiger partial charge on any atom is 0.192 e. The van der Waals surface area contributed by atoms with Gasteiger partial charge in [0.2, 0.25) is 0 Å². The lowest BCUT2D eigenvalue weighted by Gasteiger charge is -2.43. The zero-order valence-electron chi connectivity index (χ0n) is 21.2. The quantitative estimate of drug-likeness (QED) is 0.401. The van der Waals surface area contributed by atoms with Gasteiger partial charge in [-0.1, -0.05) is 51.1 Å². The summed E-state index contributed by atoms with van der Waals surface area (Å²) in [5, 5.41) is 0.263.